The Balaban J connectivity index is 2.15. The fraction of sp³-hybridized carbons (Fsp3) is 0.308. The van der Waals surface area contributed by atoms with E-state index in [1.165, 1.54) is 26.0 Å². The van der Waals surface area contributed by atoms with E-state index in [-0.39, 0.29) is 11.5 Å². The number of aromatic hydroxyl groups is 1. The molecule has 0 aromatic heterocycles. The highest BCUT2D eigenvalue weighted by atomic mass is 16.5. The summed E-state index contributed by atoms with van der Waals surface area (Å²) in [5.41, 5.74) is 0.317. The molecule has 1 aliphatic rings. The number of hydrogen-bond donors (Lipinski definition) is 1. The third-order valence-electron chi connectivity index (χ3n) is 2.61. The molecule has 1 aromatic rings. The monoisotopic (exact) mass is 218 g/mol. The second kappa shape index (κ2) is 4.39. The van der Waals surface area contributed by atoms with Gasteiger partial charge in [0.15, 0.2) is 5.78 Å². The van der Waals surface area contributed by atoms with Crippen molar-refractivity contribution >= 4 is 5.78 Å². The van der Waals surface area contributed by atoms with Crippen LogP contribution in [0, 0.1) is 5.92 Å². The second-order valence-corrected chi connectivity index (χ2v) is 3.94. The molecule has 1 aliphatic carbocycles. The number of hydrogen-bond acceptors (Lipinski definition) is 3. The van der Waals surface area contributed by atoms with E-state index in [0.717, 1.165) is 0 Å². The van der Waals surface area contributed by atoms with Gasteiger partial charge in [-0.1, -0.05) is 6.08 Å². The maximum absolute atomic E-state index is 11.7. The summed E-state index contributed by atoms with van der Waals surface area (Å²) in [6.45, 7) is 0. The summed E-state index contributed by atoms with van der Waals surface area (Å²) in [5.74, 6) is 0.904. The molecule has 0 amide bonds. The zero-order valence-corrected chi connectivity index (χ0v) is 9.14. The van der Waals surface area contributed by atoms with Gasteiger partial charge in [0.25, 0.3) is 0 Å². The van der Waals surface area contributed by atoms with E-state index in [2.05, 4.69) is 0 Å². The van der Waals surface area contributed by atoms with Crippen molar-refractivity contribution in [3.05, 3.63) is 35.9 Å². The Morgan fingerprint density at radius 2 is 2.25 bits per heavy atom. The highest BCUT2D eigenvalue weighted by Gasteiger charge is 2.18. The first-order valence-corrected chi connectivity index (χ1v) is 5.30. The Hall–Kier alpha value is -1.77. The van der Waals surface area contributed by atoms with Crippen LogP contribution < -0.4 is 4.74 Å². The van der Waals surface area contributed by atoms with Gasteiger partial charge in [-0.05, 0) is 37.0 Å². The third kappa shape index (κ3) is 2.42. The average molecular weight is 218 g/mol. The molecule has 1 N–H and O–H groups in total. The number of allylic oxidation sites excluding steroid dienone is 2. The fourth-order valence-corrected chi connectivity index (χ4v) is 1.45. The Morgan fingerprint density at radius 3 is 2.81 bits per heavy atom. The summed E-state index contributed by atoms with van der Waals surface area (Å²) in [7, 11) is 1.52. The summed E-state index contributed by atoms with van der Waals surface area (Å²) in [6, 6.07) is 4.68. The van der Waals surface area contributed by atoms with Crippen molar-refractivity contribution in [3.63, 3.8) is 0 Å². The number of ketones is 1. The minimum absolute atomic E-state index is 0.0372. The topological polar surface area (TPSA) is 46.5 Å². The number of benzene rings is 1. The lowest BCUT2D eigenvalue weighted by atomic mass is 10.1. The van der Waals surface area contributed by atoms with E-state index in [9.17, 15) is 9.90 Å². The van der Waals surface area contributed by atoms with Crippen molar-refractivity contribution in [2.24, 2.45) is 5.92 Å². The zero-order valence-electron chi connectivity index (χ0n) is 9.14. The van der Waals surface area contributed by atoms with Crippen LogP contribution in [0.3, 0.4) is 0 Å². The van der Waals surface area contributed by atoms with Gasteiger partial charge in [0.1, 0.15) is 11.5 Å². The normalized spacial score (nSPS) is 15.3. The summed E-state index contributed by atoms with van der Waals surface area (Å²) < 4.78 is 4.95. The Kier molecular flexibility index (Phi) is 2.95. The SMILES string of the molecule is COc1ccc(C(=O)/C=C/C2CC2)c(O)c1. The first kappa shape index (κ1) is 10.7. The summed E-state index contributed by atoms with van der Waals surface area (Å²) >= 11 is 0. The summed E-state index contributed by atoms with van der Waals surface area (Å²) in [6.07, 6.45) is 5.78. The van der Waals surface area contributed by atoms with E-state index in [4.69, 9.17) is 4.74 Å². The smallest absolute Gasteiger partial charge is 0.189 e. The van der Waals surface area contributed by atoms with Crippen molar-refractivity contribution in [1.29, 1.82) is 0 Å². The van der Waals surface area contributed by atoms with Gasteiger partial charge in [-0.3, -0.25) is 4.79 Å². The summed E-state index contributed by atoms with van der Waals surface area (Å²) in [4.78, 5) is 11.7. The molecule has 3 nitrogen and oxygen atoms in total. The molecule has 0 saturated heterocycles. The minimum Gasteiger partial charge on any atom is -0.507 e. The van der Waals surface area contributed by atoms with Crippen molar-refractivity contribution in [2.75, 3.05) is 7.11 Å². The van der Waals surface area contributed by atoms with E-state index >= 15 is 0 Å². The molecule has 1 aromatic carbocycles. The van der Waals surface area contributed by atoms with Gasteiger partial charge < -0.3 is 9.84 Å². The van der Waals surface area contributed by atoms with Crippen LogP contribution in [0.5, 0.6) is 11.5 Å². The molecule has 1 fully saturated rings. The average Bonchev–Trinajstić information content (AvgIpc) is 3.09. The fourth-order valence-electron chi connectivity index (χ4n) is 1.45. The Bertz CT molecular complexity index is 431. The lowest BCUT2D eigenvalue weighted by Gasteiger charge is -2.03. The number of rotatable bonds is 4. The van der Waals surface area contributed by atoms with Crippen LogP contribution in [0.1, 0.15) is 23.2 Å². The van der Waals surface area contributed by atoms with Gasteiger partial charge in [-0.15, -0.1) is 0 Å². The van der Waals surface area contributed by atoms with Crippen LogP contribution in [0.15, 0.2) is 30.4 Å². The molecule has 1 saturated carbocycles. The molecule has 2 rings (SSSR count). The maximum Gasteiger partial charge on any atom is 0.189 e. The van der Waals surface area contributed by atoms with Crippen molar-refractivity contribution in [2.45, 2.75) is 12.8 Å². The number of carbonyl (C=O) groups excluding carboxylic acids is 1. The lowest BCUT2D eigenvalue weighted by molar-refractivity contribution is 0.104. The van der Waals surface area contributed by atoms with Crippen LogP contribution in [0.2, 0.25) is 0 Å². The van der Waals surface area contributed by atoms with E-state index in [1.807, 2.05) is 6.08 Å². The molecule has 3 heteroatoms. The first-order chi connectivity index (χ1) is 7.70. The van der Waals surface area contributed by atoms with Gasteiger partial charge in [0, 0.05) is 6.07 Å². The van der Waals surface area contributed by atoms with Crippen LogP contribution in [-0.2, 0) is 0 Å². The lowest BCUT2D eigenvalue weighted by Crippen LogP contribution is -1.95. The predicted octanol–water partition coefficient (Wildman–Crippen LogP) is 2.55. The van der Waals surface area contributed by atoms with Crippen molar-refractivity contribution < 1.29 is 14.6 Å². The van der Waals surface area contributed by atoms with Crippen molar-refractivity contribution in [3.8, 4) is 11.5 Å². The van der Waals surface area contributed by atoms with Crippen LogP contribution in [0.25, 0.3) is 0 Å². The molecular formula is C13H14O3. The quantitative estimate of drug-likeness (QED) is 0.624. The van der Waals surface area contributed by atoms with Gasteiger partial charge in [0.05, 0.1) is 12.7 Å². The van der Waals surface area contributed by atoms with Gasteiger partial charge in [-0.2, -0.15) is 0 Å². The van der Waals surface area contributed by atoms with Crippen LogP contribution in [-0.4, -0.2) is 18.0 Å². The second-order valence-electron chi connectivity index (χ2n) is 3.94. The predicted molar refractivity (Wildman–Crippen MR) is 60.9 cm³/mol. The molecule has 84 valence electrons. The largest absolute Gasteiger partial charge is 0.507 e. The van der Waals surface area contributed by atoms with Gasteiger partial charge >= 0.3 is 0 Å². The Morgan fingerprint density at radius 1 is 1.50 bits per heavy atom. The van der Waals surface area contributed by atoms with E-state index in [0.29, 0.717) is 17.2 Å². The van der Waals surface area contributed by atoms with Crippen LogP contribution in [0.4, 0.5) is 0 Å². The molecule has 0 heterocycles. The third-order valence-corrected chi connectivity index (χ3v) is 2.61. The van der Waals surface area contributed by atoms with Crippen molar-refractivity contribution in [1.82, 2.24) is 0 Å². The molecule has 0 aliphatic heterocycles. The highest BCUT2D eigenvalue weighted by molar-refractivity contribution is 6.06. The van der Waals surface area contributed by atoms with Gasteiger partial charge in [-0.25, -0.2) is 0 Å². The zero-order chi connectivity index (χ0) is 11.5. The standard InChI is InChI=1S/C13H14O3/c1-16-10-5-6-11(13(15)8-10)12(14)7-4-9-2-3-9/h4-9,15H,2-3H2,1H3/b7-4+. The van der Waals surface area contributed by atoms with Crippen LogP contribution >= 0.6 is 0 Å². The molecular weight excluding hydrogens is 204 g/mol. The first-order valence-electron chi connectivity index (χ1n) is 5.30. The minimum atomic E-state index is -0.160. The molecule has 0 unspecified atom stereocenters. The number of phenolic OH excluding ortho intramolecular Hbond substituents is 1. The molecule has 0 atom stereocenters. The van der Waals surface area contributed by atoms with E-state index < -0.39 is 0 Å². The number of ether oxygens (including phenoxy) is 1. The number of phenols is 1. The molecule has 16 heavy (non-hydrogen) atoms. The van der Waals surface area contributed by atoms with Gasteiger partial charge in [0.2, 0.25) is 0 Å². The molecule has 0 radical (unpaired) electrons. The maximum atomic E-state index is 11.7. The molecule has 0 bridgehead atoms. The number of methoxy groups -OCH3 is 1. The molecule has 0 spiro atoms. The van der Waals surface area contributed by atoms with E-state index in [1.54, 1.807) is 18.2 Å². The highest BCUT2D eigenvalue weighted by Crippen LogP contribution is 2.30. The Labute approximate surface area is 94.4 Å². The number of carbonyl (C=O) groups is 1. The summed E-state index contributed by atoms with van der Waals surface area (Å²) in [5, 5.41) is 9.64.